The first kappa shape index (κ1) is 18.9. The maximum absolute atomic E-state index is 12.2. The summed E-state index contributed by atoms with van der Waals surface area (Å²) in [5.41, 5.74) is 9.65. The van der Waals surface area contributed by atoms with Crippen LogP contribution in [0.2, 0.25) is 0 Å². The van der Waals surface area contributed by atoms with Gasteiger partial charge in [0.2, 0.25) is 0 Å². The van der Waals surface area contributed by atoms with Crippen molar-refractivity contribution >= 4 is 34.4 Å². The molecule has 2 heterocycles. The van der Waals surface area contributed by atoms with Gasteiger partial charge in [0, 0.05) is 5.56 Å². The van der Waals surface area contributed by atoms with Crippen molar-refractivity contribution < 1.29 is 19.1 Å². The zero-order valence-corrected chi connectivity index (χ0v) is 15.4. The van der Waals surface area contributed by atoms with Crippen LogP contribution in [0, 0.1) is 18.3 Å². The molecule has 0 bridgehead atoms. The van der Waals surface area contributed by atoms with E-state index in [4.69, 9.17) is 20.5 Å². The molecule has 0 aliphatic rings. The van der Waals surface area contributed by atoms with Gasteiger partial charge < -0.3 is 15.3 Å². The summed E-state index contributed by atoms with van der Waals surface area (Å²) in [7, 11) is 0. The van der Waals surface area contributed by atoms with Crippen molar-refractivity contribution in [2.24, 2.45) is 5.10 Å². The fourth-order valence-electron chi connectivity index (χ4n) is 2.48. The second kappa shape index (κ2) is 7.77. The minimum atomic E-state index is -1.03. The number of nitriles is 1. The molecule has 4 N–H and O–H groups in total. The molecule has 0 saturated carbocycles. The number of amides is 1. The van der Waals surface area contributed by atoms with Crippen LogP contribution < -0.4 is 11.2 Å². The lowest BCUT2D eigenvalue weighted by atomic mass is 10.1. The number of nitrogens with zero attached hydrogens (tertiary/aromatic N) is 2. The van der Waals surface area contributed by atoms with Gasteiger partial charge in [-0.25, -0.2) is 10.2 Å². The third kappa shape index (κ3) is 3.77. The van der Waals surface area contributed by atoms with E-state index in [9.17, 15) is 9.59 Å². The molecule has 3 rings (SSSR count). The van der Waals surface area contributed by atoms with E-state index in [1.165, 1.54) is 18.3 Å². The molecule has 8 nitrogen and oxygen atoms in total. The number of nitrogens with one attached hydrogen (secondary N) is 1. The quantitative estimate of drug-likeness (QED) is 0.448. The van der Waals surface area contributed by atoms with Crippen LogP contribution in [-0.4, -0.2) is 23.2 Å². The highest BCUT2D eigenvalue weighted by atomic mass is 32.1. The van der Waals surface area contributed by atoms with Crippen LogP contribution in [0.5, 0.6) is 0 Å². The maximum Gasteiger partial charge on any atom is 0.335 e. The van der Waals surface area contributed by atoms with E-state index >= 15 is 0 Å². The largest absolute Gasteiger partial charge is 0.478 e. The number of hydrazone groups is 1. The van der Waals surface area contributed by atoms with Crippen LogP contribution in [0.25, 0.3) is 11.3 Å². The lowest BCUT2D eigenvalue weighted by molar-refractivity contribution is 0.0696. The number of carbonyl (C=O) groups excluding carboxylic acids is 1. The SMILES string of the molecule is Cc1c(C(=O)N/N=C/c2ccc(-c3cccc(C(=O)O)c3)o2)sc(N)c1C#N. The molecule has 28 heavy (non-hydrogen) atoms. The Balaban J connectivity index is 1.71. The van der Waals surface area contributed by atoms with E-state index in [2.05, 4.69) is 10.5 Å². The molecule has 3 aromatic rings. The van der Waals surface area contributed by atoms with E-state index in [0.717, 1.165) is 11.3 Å². The third-order valence-electron chi connectivity index (χ3n) is 3.87. The van der Waals surface area contributed by atoms with Crippen LogP contribution in [0.15, 0.2) is 45.9 Å². The Bertz CT molecular complexity index is 1140. The smallest absolute Gasteiger partial charge is 0.335 e. The van der Waals surface area contributed by atoms with Gasteiger partial charge in [-0.05, 0) is 36.8 Å². The second-order valence-electron chi connectivity index (χ2n) is 5.69. The van der Waals surface area contributed by atoms with Gasteiger partial charge in [-0.3, -0.25) is 4.79 Å². The third-order valence-corrected chi connectivity index (χ3v) is 4.99. The summed E-state index contributed by atoms with van der Waals surface area (Å²) in [4.78, 5) is 23.6. The van der Waals surface area contributed by atoms with Crippen molar-refractivity contribution in [3.05, 3.63) is 63.7 Å². The van der Waals surface area contributed by atoms with Crippen LogP contribution in [0.1, 0.15) is 36.9 Å². The van der Waals surface area contributed by atoms with Gasteiger partial charge in [0.15, 0.2) is 0 Å². The highest BCUT2D eigenvalue weighted by Crippen LogP contribution is 2.29. The van der Waals surface area contributed by atoms with Gasteiger partial charge >= 0.3 is 5.97 Å². The van der Waals surface area contributed by atoms with E-state index in [-0.39, 0.29) is 10.6 Å². The molecule has 140 valence electrons. The zero-order chi connectivity index (χ0) is 20.3. The number of benzene rings is 1. The molecule has 1 amide bonds. The molecular formula is C19H14N4O4S. The molecule has 0 atom stereocenters. The van der Waals surface area contributed by atoms with Crippen molar-refractivity contribution in [2.75, 3.05) is 5.73 Å². The average Bonchev–Trinajstić information content (AvgIpc) is 3.26. The summed E-state index contributed by atoms with van der Waals surface area (Å²) in [6.07, 6.45) is 1.32. The minimum absolute atomic E-state index is 0.152. The fraction of sp³-hybridized carbons (Fsp3) is 0.0526. The number of furan rings is 1. The number of carboxylic acid groups (broad SMARTS) is 1. The topological polar surface area (TPSA) is 142 Å². The van der Waals surface area contributed by atoms with Crippen molar-refractivity contribution in [2.45, 2.75) is 6.92 Å². The van der Waals surface area contributed by atoms with Crippen LogP contribution in [0.4, 0.5) is 5.00 Å². The molecule has 1 aromatic carbocycles. The Labute approximate surface area is 163 Å². The Morgan fingerprint density at radius 3 is 2.82 bits per heavy atom. The van der Waals surface area contributed by atoms with E-state index in [0.29, 0.717) is 33.1 Å². The molecule has 0 aliphatic heterocycles. The fourth-order valence-corrected chi connectivity index (χ4v) is 3.39. The Kier molecular flexibility index (Phi) is 5.24. The van der Waals surface area contributed by atoms with Crippen molar-refractivity contribution in [1.82, 2.24) is 5.43 Å². The molecule has 0 fully saturated rings. The molecule has 0 aliphatic carbocycles. The number of nitrogens with two attached hydrogens (primary N) is 1. The van der Waals surface area contributed by atoms with Crippen molar-refractivity contribution in [3.63, 3.8) is 0 Å². The normalized spacial score (nSPS) is 10.7. The van der Waals surface area contributed by atoms with Gasteiger partial charge in [0.05, 0.1) is 17.3 Å². The molecule has 0 radical (unpaired) electrons. The summed E-state index contributed by atoms with van der Waals surface area (Å²) >= 11 is 1.02. The predicted molar refractivity (Wildman–Crippen MR) is 104 cm³/mol. The van der Waals surface area contributed by atoms with Gasteiger partial charge in [-0.1, -0.05) is 12.1 Å². The first-order chi connectivity index (χ1) is 13.4. The number of anilines is 1. The number of rotatable bonds is 5. The van der Waals surface area contributed by atoms with Gasteiger partial charge in [0.1, 0.15) is 27.5 Å². The van der Waals surface area contributed by atoms with Crippen LogP contribution in [0.3, 0.4) is 0 Å². The molecule has 2 aromatic heterocycles. The van der Waals surface area contributed by atoms with Crippen LogP contribution >= 0.6 is 11.3 Å². The highest BCUT2D eigenvalue weighted by molar-refractivity contribution is 7.18. The number of hydrogen-bond acceptors (Lipinski definition) is 7. The summed E-state index contributed by atoms with van der Waals surface area (Å²) < 4.78 is 5.60. The Morgan fingerprint density at radius 1 is 1.36 bits per heavy atom. The van der Waals surface area contributed by atoms with Gasteiger partial charge in [-0.15, -0.1) is 11.3 Å². The molecule has 0 unspecified atom stereocenters. The second-order valence-corrected chi connectivity index (χ2v) is 6.75. The summed E-state index contributed by atoms with van der Waals surface area (Å²) in [6, 6.07) is 11.6. The molecule has 0 saturated heterocycles. The van der Waals surface area contributed by atoms with Gasteiger partial charge in [-0.2, -0.15) is 10.4 Å². The lowest BCUT2D eigenvalue weighted by Crippen LogP contribution is -2.17. The summed E-state index contributed by atoms with van der Waals surface area (Å²) in [6.45, 7) is 1.65. The Morgan fingerprint density at radius 2 is 2.14 bits per heavy atom. The Hall–Kier alpha value is -3.90. The lowest BCUT2D eigenvalue weighted by Gasteiger charge is -1.99. The van der Waals surface area contributed by atoms with E-state index < -0.39 is 11.9 Å². The molecule has 0 spiro atoms. The zero-order valence-electron chi connectivity index (χ0n) is 14.6. The number of hydrogen-bond donors (Lipinski definition) is 3. The van der Waals surface area contributed by atoms with Crippen molar-refractivity contribution in [1.29, 1.82) is 5.26 Å². The molecule has 9 heteroatoms. The maximum atomic E-state index is 12.2. The number of carbonyl (C=O) groups is 2. The first-order valence-corrected chi connectivity index (χ1v) is 8.78. The number of nitrogen functional groups attached to an aromatic ring is 1. The predicted octanol–water partition coefficient (Wildman–Crippen LogP) is 3.23. The number of thiophene rings is 1. The summed E-state index contributed by atoms with van der Waals surface area (Å²) in [5.74, 6) is -0.664. The monoisotopic (exact) mass is 394 g/mol. The van der Waals surface area contributed by atoms with Crippen molar-refractivity contribution in [3.8, 4) is 17.4 Å². The molecular weight excluding hydrogens is 380 g/mol. The summed E-state index contributed by atoms with van der Waals surface area (Å²) in [5, 5.41) is 22.2. The van der Waals surface area contributed by atoms with Crippen LogP contribution in [-0.2, 0) is 0 Å². The van der Waals surface area contributed by atoms with Gasteiger partial charge in [0.25, 0.3) is 5.91 Å². The standard InChI is InChI=1S/C19H14N4O4S/c1-10-14(8-20)17(21)28-16(10)18(24)23-22-9-13-5-6-15(27-13)11-3-2-4-12(7-11)19(25)26/h2-7,9H,21H2,1H3,(H,23,24)(H,25,26)/b22-9+. The number of aromatic carboxylic acids is 1. The number of carboxylic acids is 1. The highest BCUT2D eigenvalue weighted by Gasteiger charge is 2.18. The average molecular weight is 394 g/mol. The minimum Gasteiger partial charge on any atom is -0.478 e. The first-order valence-electron chi connectivity index (χ1n) is 7.96. The van der Waals surface area contributed by atoms with E-state index in [1.807, 2.05) is 6.07 Å². The van der Waals surface area contributed by atoms with E-state index in [1.54, 1.807) is 31.2 Å².